The monoisotopic (exact) mass is 214 g/mol. The summed E-state index contributed by atoms with van der Waals surface area (Å²) in [5, 5.41) is 0. The highest BCUT2D eigenvalue weighted by atomic mass is 19.1. The Labute approximate surface area is 91.3 Å². The van der Waals surface area contributed by atoms with Gasteiger partial charge in [-0.1, -0.05) is 12.1 Å². The molecular weight excluding hydrogens is 207 g/mol. The first-order valence-corrected chi connectivity index (χ1v) is 4.59. The minimum Gasteiger partial charge on any atom is -0.262 e. The molecule has 0 atom stereocenters. The molecule has 2 aromatic rings. The Balaban J connectivity index is 2.59. The van der Waals surface area contributed by atoms with Gasteiger partial charge in [0.15, 0.2) is 0 Å². The van der Waals surface area contributed by atoms with Gasteiger partial charge in [-0.3, -0.25) is 4.98 Å². The number of hydrogen-bond acceptors (Lipinski definition) is 3. The van der Waals surface area contributed by atoms with Crippen LogP contribution >= 0.6 is 0 Å². The van der Waals surface area contributed by atoms with Crippen LogP contribution in [-0.2, 0) is 4.79 Å². The first-order valence-electron chi connectivity index (χ1n) is 4.59. The lowest BCUT2D eigenvalue weighted by Gasteiger charge is -2.03. The molecule has 0 amide bonds. The van der Waals surface area contributed by atoms with Gasteiger partial charge in [0.05, 0.1) is 6.20 Å². The van der Waals surface area contributed by atoms with E-state index in [1.165, 1.54) is 24.4 Å². The lowest BCUT2D eigenvalue weighted by Crippen LogP contribution is -1.82. The Kier molecular flexibility index (Phi) is 2.85. The first-order chi connectivity index (χ1) is 7.81. The zero-order chi connectivity index (χ0) is 11.4. The molecule has 1 aromatic heterocycles. The Morgan fingerprint density at radius 2 is 2.19 bits per heavy atom. The molecule has 3 nitrogen and oxygen atoms in total. The van der Waals surface area contributed by atoms with Crippen LogP contribution in [-0.4, -0.2) is 11.1 Å². The average Bonchev–Trinajstić information content (AvgIpc) is 2.30. The molecule has 0 aliphatic rings. The molecule has 78 valence electrons. The van der Waals surface area contributed by atoms with Gasteiger partial charge >= 0.3 is 0 Å². The molecule has 0 fully saturated rings. The highest BCUT2D eigenvalue weighted by molar-refractivity contribution is 5.76. The van der Waals surface area contributed by atoms with Crippen molar-refractivity contribution in [3.63, 3.8) is 0 Å². The smallest absolute Gasteiger partial charge is 0.240 e. The van der Waals surface area contributed by atoms with Crippen molar-refractivity contribution in [1.29, 1.82) is 0 Å². The normalized spacial score (nSPS) is 9.56. The molecule has 4 heteroatoms. The Morgan fingerprint density at radius 1 is 1.31 bits per heavy atom. The molecule has 0 radical (unpaired) electrons. The van der Waals surface area contributed by atoms with Crippen LogP contribution in [0.1, 0.15) is 0 Å². The van der Waals surface area contributed by atoms with Crippen molar-refractivity contribution in [2.75, 3.05) is 0 Å². The fourth-order valence-electron chi connectivity index (χ4n) is 1.42. The quantitative estimate of drug-likeness (QED) is 0.569. The van der Waals surface area contributed by atoms with Crippen LogP contribution in [0.4, 0.5) is 10.1 Å². The second-order valence-electron chi connectivity index (χ2n) is 3.11. The van der Waals surface area contributed by atoms with E-state index >= 15 is 0 Å². The van der Waals surface area contributed by atoms with E-state index in [9.17, 15) is 9.18 Å². The number of carbonyl (C=O) groups excluding carboxylic acids is 1. The summed E-state index contributed by atoms with van der Waals surface area (Å²) >= 11 is 0. The molecule has 16 heavy (non-hydrogen) atoms. The highest BCUT2D eigenvalue weighted by Crippen LogP contribution is 2.28. The minimum atomic E-state index is -0.338. The number of rotatable bonds is 2. The fourth-order valence-corrected chi connectivity index (χ4v) is 1.42. The van der Waals surface area contributed by atoms with Crippen molar-refractivity contribution < 1.29 is 9.18 Å². The predicted molar refractivity (Wildman–Crippen MR) is 57.4 cm³/mol. The predicted octanol–water partition coefficient (Wildman–Crippen LogP) is 2.86. The summed E-state index contributed by atoms with van der Waals surface area (Å²) in [7, 11) is 0. The summed E-state index contributed by atoms with van der Waals surface area (Å²) in [6.07, 6.45) is 4.45. The van der Waals surface area contributed by atoms with E-state index in [1.54, 1.807) is 24.4 Å². The largest absolute Gasteiger partial charge is 0.262 e. The van der Waals surface area contributed by atoms with E-state index in [0.717, 1.165) is 0 Å². The number of aromatic nitrogens is 1. The van der Waals surface area contributed by atoms with Crippen molar-refractivity contribution in [2.45, 2.75) is 0 Å². The summed E-state index contributed by atoms with van der Waals surface area (Å²) in [4.78, 5) is 17.6. The van der Waals surface area contributed by atoms with E-state index in [2.05, 4.69) is 9.98 Å². The van der Waals surface area contributed by atoms with Gasteiger partial charge in [0.2, 0.25) is 6.08 Å². The van der Waals surface area contributed by atoms with E-state index in [1.807, 2.05) is 0 Å². The molecule has 0 saturated heterocycles. The zero-order valence-electron chi connectivity index (χ0n) is 8.22. The maximum absolute atomic E-state index is 13.0. The zero-order valence-corrected chi connectivity index (χ0v) is 8.22. The maximum Gasteiger partial charge on any atom is 0.240 e. The summed E-state index contributed by atoms with van der Waals surface area (Å²) < 4.78 is 13.0. The summed E-state index contributed by atoms with van der Waals surface area (Å²) in [6, 6.07) is 7.74. The van der Waals surface area contributed by atoms with Gasteiger partial charge in [-0.15, -0.1) is 0 Å². The second-order valence-corrected chi connectivity index (χ2v) is 3.11. The third kappa shape index (κ3) is 2.02. The van der Waals surface area contributed by atoms with Gasteiger partial charge < -0.3 is 0 Å². The Hall–Kier alpha value is -2.32. The standard InChI is InChI=1S/C12H7FN2O/c13-10-3-1-2-9(6-10)11-4-5-14-7-12(11)15-8-16/h1-7H. The van der Waals surface area contributed by atoms with Gasteiger partial charge in [0.25, 0.3) is 0 Å². The summed E-state index contributed by atoms with van der Waals surface area (Å²) in [6.45, 7) is 0. The molecule has 1 aromatic carbocycles. The molecule has 0 bridgehead atoms. The number of benzene rings is 1. The van der Waals surface area contributed by atoms with Crippen LogP contribution in [0, 0.1) is 5.82 Å². The molecule has 0 spiro atoms. The van der Waals surface area contributed by atoms with Gasteiger partial charge in [0.1, 0.15) is 11.5 Å². The van der Waals surface area contributed by atoms with Crippen LogP contribution in [0.15, 0.2) is 47.7 Å². The number of isocyanates is 1. The van der Waals surface area contributed by atoms with Crippen LogP contribution < -0.4 is 0 Å². The molecule has 0 N–H and O–H groups in total. The minimum absolute atomic E-state index is 0.338. The molecule has 0 aliphatic heterocycles. The molecule has 0 saturated carbocycles. The van der Waals surface area contributed by atoms with Gasteiger partial charge in [-0.05, 0) is 23.8 Å². The number of pyridine rings is 1. The van der Waals surface area contributed by atoms with Crippen molar-refractivity contribution in [2.24, 2.45) is 4.99 Å². The van der Waals surface area contributed by atoms with Crippen LogP contribution in [0.5, 0.6) is 0 Å². The topological polar surface area (TPSA) is 42.3 Å². The van der Waals surface area contributed by atoms with Crippen LogP contribution in [0.25, 0.3) is 11.1 Å². The van der Waals surface area contributed by atoms with Gasteiger partial charge in [-0.25, -0.2) is 9.18 Å². The van der Waals surface area contributed by atoms with Crippen molar-refractivity contribution >= 4 is 11.8 Å². The summed E-state index contributed by atoms with van der Waals surface area (Å²) in [5.74, 6) is -0.338. The molecule has 0 aliphatic carbocycles. The lowest BCUT2D eigenvalue weighted by molar-refractivity contribution is 0.565. The SMILES string of the molecule is O=C=Nc1cnccc1-c1cccc(F)c1. The van der Waals surface area contributed by atoms with E-state index in [-0.39, 0.29) is 5.82 Å². The Morgan fingerprint density at radius 3 is 2.94 bits per heavy atom. The molecule has 2 rings (SSSR count). The third-order valence-corrected chi connectivity index (χ3v) is 2.10. The molecule has 0 unspecified atom stereocenters. The Bertz CT molecular complexity index is 562. The van der Waals surface area contributed by atoms with E-state index < -0.39 is 0 Å². The van der Waals surface area contributed by atoms with Crippen molar-refractivity contribution in [3.05, 3.63) is 48.5 Å². The van der Waals surface area contributed by atoms with Crippen LogP contribution in [0.3, 0.4) is 0 Å². The second kappa shape index (κ2) is 4.47. The average molecular weight is 214 g/mol. The number of aliphatic imine (C=N–C) groups is 1. The maximum atomic E-state index is 13.0. The van der Waals surface area contributed by atoms with Crippen molar-refractivity contribution in [1.82, 2.24) is 4.98 Å². The molecule has 1 heterocycles. The molecular formula is C12H7FN2O. The van der Waals surface area contributed by atoms with Crippen LogP contribution in [0.2, 0.25) is 0 Å². The van der Waals surface area contributed by atoms with Crippen molar-refractivity contribution in [3.8, 4) is 11.1 Å². The first kappa shape index (κ1) is 10.2. The van der Waals surface area contributed by atoms with E-state index in [4.69, 9.17) is 0 Å². The third-order valence-electron chi connectivity index (χ3n) is 2.10. The number of nitrogens with zero attached hydrogens (tertiary/aromatic N) is 2. The highest BCUT2D eigenvalue weighted by Gasteiger charge is 2.04. The fraction of sp³-hybridized carbons (Fsp3) is 0. The number of halogens is 1. The van der Waals surface area contributed by atoms with E-state index in [0.29, 0.717) is 16.8 Å². The number of hydrogen-bond donors (Lipinski definition) is 0. The van der Waals surface area contributed by atoms with Gasteiger partial charge in [0, 0.05) is 11.8 Å². The lowest BCUT2D eigenvalue weighted by atomic mass is 10.1. The summed E-state index contributed by atoms with van der Waals surface area (Å²) in [5.41, 5.74) is 1.68. The van der Waals surface area contributed by atoms with Gasteiger partial charge in [-0.2, -0.15) is 4.99 Å².